The smallest absolute Gasteiger partial charge is 0.0506 e. The summed E-state index contributed by atoms with van der Waals surface area (Å²) in [5, 5.41) is 3.92. The van der Waals surface area contributed by atoms with Gasteiger partial charge in [0.2, 0.25) is 0 Å². The van der Waals surface area contributed by atoms with Crippen LogP contribution >= 0.6 is 11.6 Å². The fourth-order valence-electron chi connectivity index (χ4n) is 1.38. The van der Waals surface area contributed by atoms with Gasteiger partial charge in [-0.1, -0.05) is 18.2 Å². The van der Waals surface area contributed by atoms with Gasteiger partial charge < -0.3 is 10.1 Å². The molecule has 0 aromatic heterocycles. The summed E-state index contributed by atoms with van der Waals surface area (Å²) in [6.07, 6.45) is 2.45. The Kier molecular flexibility index (Phi) is 4.66. The average molecular weight is 190 g/mol. The van der Waals surface area contributed by atoms with Crippen LogP contribution in [0.1, 0.15) is 12.8 Å². The molecule has 1 N–H and O–H groups in total. The molecule has 1 aliphatic heterocycles. The Bertz CT molecular complexity index is 143. The number of ether oxygens (including phenoxy) is 1. The van der Waals surface area contributed by atoms with E-state index < -0.39 is 0 Å². The molecule has 1 heterocycles. The van der Waals surface area contributed by atoms with Gasteiger partial charge in [0.05, 0.1) is 6.61 Å². The van der Waals surface area contributed by atoms with Crippen LogP contribution in [0.15, 0.2) is 11.6 Å². The van der Waals surface area contributed by atoms with Crippen LogP contribution in [0.2, 0.25) is 0 Å². The molecule has 1 atom stereocenters. The zero-order valence-electron chi connectivity index (χ0n) is 7.31. The van der Waals surface area contributed by atoms with Crippen molar-refractivity contribution in [2.75, 3.05) is 26.3 Å². The summed E-state index contributed by atoms with van der Waals surface area (Å²) in [6.45, 7) is 7.13. The van der Waals surface area contributed by atoms with Crippen molar-refractivity contribution in [2.45, 2.75) is 12.8 Å². The highest BCUT2D eigenvalue weighted by molar-refractivity contribution is 6.29. The van der Waals surface area contributed by atoms with E-state index >= 15 is 0 Å². The SMILES string of the molecule is C=C(Cl)CNCC1CCCOC1. The molecule has 0 spiro atoms. The zero-order chi connectivity index (χ0) is 8.81. The van der Waals surface area contributed by atoms with Crippen molar-refractivity contribution in [1.29, 1.82) is 0 Å². The van der Waals surface area contributed by atoms with Gasteiger partial charge in [0.15, 0.2) is 0 Å². The van der Waals surface area contributed by atoms with Gasteiger partial charge in [-0.05, 0) is 18.8 Å². The molecule has 1 unspecified atom stereocenters. The summed E-state index contributed by atoms with van der Waals surface area (Å²) in [6, 6.07) is 0. The lowest BCUT2D eigenvalue weighted by molar-refractivity contribution is 0.0552. The Morgan fingerprint density at radius 1 is 1.67 bits per heavy atom. The summed E-state index contributed by atoms with van der Waals surface area (Å²) >= 11 is 5.61. The third-order valence-electron chi connectivity index (χ3n) is 2.00. The Hall–Kier alpha value is -0.0500. The largest absolute Gasteiger partial charge is 0.381 e. The van der Waals surface area contributed by atoms with Gasteiger partial charge in [0.25, 0.3) is 0 Å². The highest BCUT2D eigenvalue weighted by Crippen LogP contribution is 2.12. The average Bonchev–Trinajstić information content (AvgIpc) is 2.05. The van der Waals surface area contributed by atoms with Gasteiger partial charge in [-0.15, -0.1) is 0 Å². The number of halogens is 1. The number of hydrogen-bond donors (Lipinski definition) is 1. The molecule has 2 nitrogen and oxygen atoms in total. The molecule has 12 heavy (non-hydrogen) atoms. The molecule has 0 aliphatic carbocycles. The summed E-state index contributed by atoms with van der Waals surface area (Å²) in [7, 11) is 0. The molecule has 1 rings (SSSR count). The number of nitrogens with one attached hydrogen (secondary N) is 1. The van der Waals surface area contributed by atoms with Crippen molar-refractivity contribution in [3.63, 3.8) is 0 Å². The Morgan fingerprint density at radius 2 is 2.50 bits per heavy atom. The standard InChI is InChI=1S/C9H16ClNO/c1-8(10)5-11-6-9-3-2-4-12-7-9/h9,11H,1-7H2. The lowest BCUT2D eigenvalue weighted by Gasteiger charge is -2.22. The lowest BCUT2D eigenvalue weighted by atomic mass is 10.0. The van der Waals surface area contributed by atoms with Gasteiger partial charge in [-0.25, -0.2) is 0 Å². The predicted octanol–water partition coefficient (Wildman–Crippen LogP) is 1.76. The van der Waals surface area contributed by atoms with Crippen LogP contribution in [0.5, 0.6) is 0 Å². The van der Waals surface area contributed by atoms with E-state index in [0.717, 1.165) is 19.8 Å². The first kappa shape index (κ1) is 10.0. The number of rotatable bonds is 4. The minimum atomic E-state index is 0.662. The van der Waals surface area contributed by atoms with E-state index in [1.54, 1.807) is 0 Å². The lowest BCUT2D eigenvalue weighted by Crippen LogP contribution is -2.29. The van der Waals surface area contributed by atoms with Gasteiger partial charge >= 0.3 is 0 Å². The van der Waals surface area contributed by atoms with Crippen molar-refractivity contribution in [3.05, 3.63) is 11.6 Å². The second-order valence-electron chi connectivity index (χ2n) is 3.23. The van der Waals surface area contributed by atoms with Crippen LogP contribution < -0.4 is 5.32 Å². The van der Waals surface area contributed by atoms with Gasteiger partial charge in [-0.3, -0.25) is 0 Å². The molecule has 70 valence electrons. The Balaban J connectivity index is 2.01. The van der Waals surface area contributed by atoms with Crippen LogP contribution in [0.25, 0.3) is 0 Å². The van der Waals surface area contributed by atoms with Crippen LogP contribution in [0.4, 0.5) is 0 Å². The number of hydrogen-bond acceptors (Lipinski definition) is 2. The Labute approximate surface area is 78.9 Å². The van der Waals surface area contributed by atoms with Crippen LogP contribution in [0, 0.1) is 5.92 Å². The molecule has 0 amide bonds. The van der Waals surface area contributed by atoms with Gasteiger partial charge in [-0.2, -0.15) is 0 Å². The predicted molar refractivity (Wildman–Crippen MR) is 51.4 cm³/mol. The van der Waals surface area contributed by atoms with E-state index in [1.165, 1.54) is 12.8 Å². The molecule has 1 saturated heterocycles. The monoisotopic (exact) mass is 189 g/mol. The van der Waals surface area contributed by atoms with E-state index in [1.807, 2.05) is 0 Å². The van der Waals surface area contributed by atoms with E-state index in [0.29, 0.717) is 17.5 Å². The van der Waals surface area contributed by atoms with Crippen LogP contribution in [-0.4, -0.2) is 26.3 Å². The van der Waals surface area contributed by atoms with Crippen molar-refractivity contribution in [2.24, 2.45) is 5.92 Å². The Morgan fingerprint density at radius 3 is 3.08 bits per heavy atom. The molecular formula is C9H16ClNO. The first-order chi connectivity index (χ1) is 5.79. The highest BCUT2D eigenvalue weighted by Gasteiger charge is 2.12. The van der Waals surface area contributed by atoms with Gasteiger partial charge in [0.1, 0.15) is 0 Å². The van der Waals surface area contributed by atoms with Crippen LogP contribution in [-0.2, 0) is 4.74 Å². The molecule has 0 radical (unpaired) electrons. The molecular weight excluding hydrogens is 174 g/mol. The maximum atomic E-state index is 5.61. The van der Waals surface area contributed by atoms with Crippen molar-refractivity contribution < 1.29 is 4.74 Å². The molecule has 0 aromatic rings. The maximum Gasteiger partial charge on any atom is 0.0506 e. The summed E-state index contributed by atoms with van der Waals surface area (Å²) in [5.74, 6) is 0.662. The van der Waals surface area contributed by atoms with E-state index in [2.05, 4.69) is 11.9 Å². The normalized spacial score (nSPS) is 23.9. The summed E-state index contributed by atoms with van der Waals surface area (Å²) < 4.78 is 5.34. The zero-order valence-corrected chi connectivity index (χ0v) is 8.07. The maximum absolute atomic E-state index is 5.61. The third kappa shape index (κ3) is 4.10. The van der Waals surface area contributed by atoms with E-state index in [4.69, 9.17) is 16.3 Å². The fraction of sp³-hybridized carbons (Fsp3) is 0.778. The van der Waals surface area contributed by atoms with Crippen molar-refractivity contribution in [3.8, 4) is 0 Å². The minimum Gasteiger partial charge on any atom is -0.381 e. The first-order valence-electron chi connectivity index (χ1n) is 4.41. The minimum absolute atomic E-state index is 0.662. The quantitative estimate of drug-likeness (QED) is 0.728. The topological polar surface area (TPSA) is 21.3 Å². The third-order valence-corrected chi connectivity index (χ3v) is 2.14. The molecule has 0 aromatic carbocycles. The van der Waals surface area contributed by atoms with Crippen LogP contribution in [0.3, 0.4) is 0 Å². The molecule has 0 bridgehead atoms. The highest BCUT2D eigenvalue weighted by atomic mass is 35.5. The summed E-state index contributed by atoms with van der Waals surface area (Å²) in [4.78, 5) is 0. The second-order valence-corrected chi connectivity index (χ2v) is 3.77. The molecule has 1 aliphatic rings. The molecule has 0 saturated carbocycles. The molecule has 3 heteroatoms. The first-order valence-corrected chi connectivity index (χ1v) is 4.78. The van der Waals surface area contributed by atoms with Crippen molar-refractivity contribution >= 4 is 11.6 Å². The van der Waals surface area contributed by atoms with E-state index in [9.17, 15) is 0 Å². The van der Waals surface area contributed by atoms with E-state index in [-0.39, 0.29) is 0 Å². The second kappa shape index (κ2) is 5.57. The summed E-state index contributed by atoms with van der Waals surface area (Å²) in [5.41, 5.74) is 0. The fourth-order valence-corrected chi connectivity index (χ4v) is 1.47. The molecule has 1 fully saturated rings. The van der Waals surface area contributed by atoms with Gasteiger partial charge in [0, 0.05) is 24.7 Å². The van der Waals surface area contributed by atoms with Crippen molar-refractivity contribution in [1.82, 2.24) is 5.32 Å².